The van der Waals surface area contributed by atoms with Gasteiger partial charge in [0.05, 0.1) is 5.75 Å². The SMILES string of the molecule is NCCCCn1nnnc1CSc1cccc(Br)c1. The molecule has 1 aromatic heterocycles. The molecule has 2 aromatic rings. The van der Waals surface area contributed by atoms with E-state index in [9.17, 15) is 0 Å². The van der Waals surface area contributed by atoms with Crippen LogP contribution in [0.25, 0.3) is 0 Å². The minimum atomic E-state index is 0.713. The van der Waals surface area contributed by atoms with Crippen molar-refractivity contribution < 1.29 is 0 Å². The summed E-state index contributed by atoms with van der Waals surface area (Å²) < 4.78 is 2.95. The molecule has 0 bridgehead atoms. The summed E-state index contributed by atoms with van der Waals surface area (Å²) >= 11 is 5.19. The van der Waals surface area contributed by atoms with Crippen molar-refractivity contribution in [3.05, 3.63) is 34.6 Å². The first-order valence-electron chi connectivity index (χ1n) is 6.13. The number of tetrazole rings is 1. The van der Waals surface area contributed by atoms with Gasteiger partial charge in [0.2, 0.25) is 0 Å². The zero-order chi connectivity index (χ0) is 13.5. The van der Waals surface area contributed by atoms with Crippen LogP contribution in [0.15, 0.2) is 33.6 Å². The Balaban J connectivity index is 1.90. The minimum absolute atomic E-state index is 0.713. The van der Waals surface area contributed by atoms with E-state index in [1.807, 2.05) is 16.8 Å². The smallest absolute Gasteiger partial charge is 0.161 e. The highest BCUT2D eigenvalue weighted by molar-refractivity contribution is 9.10. The molecule has 1 aromatic carbocycles. The highest BCUT2D eigenvalue weighted by Gasteiger charge is 2.06. The van der Waals surface area contributed by atoms with E-state index in [1.165, 1.54) is 4.90 Å². The van der Waals surface area contributed by atoms with Crippen LogP contribution >= 0.6 is 27.7 Å². The molecule has 7 heteroatoms. The largest absolute Gasteiger partial charge is 0.330 e. The Labute approximate surface area is 125 Å². The fourth-order valence-electron chi connectivity index (χ4n) is 1.61. The van der Waals surface area contributed by atoms with Crippen LogP contribution in [0.3, 0.4) is 0 Å². The van der Waals surface area contributed by atoms with Gasteiger partial charge in [0.25, 0.3) is 0 Å². The number of unbranched alkanes of at least 4 members (excludes halogenated alkanes) is 1. The number of hydrogen-bond acceptors (Lipinski definition) is 5. The Kier molecular flexibility index (Phi) is 5.81. The lowest BCUT2D eigenvalue weighted by Gasteiger charge is -2.04. The van der Waals surface area contributed by atoms with Gasteiger partial charge in [0, 0.05) is 15.9 Å². The van der Waals surface area contributed by atoms with Gasteiger partial charge in [-0.25, -0.2) is 4.68 Å². The molecular weight excluding hydrogens is 326 g/mol. The summed E-state index contributed by atoms with van der Waals surface area (Å²) in [5.41, 5.74) is 5.49. The van der Waals surface area contributed by atoms with Gasteiger partial charge < -0.3 is 5.73 Å². The van der Waals surface area contributed by atoms with E-state index < -0.39 is 0 Å². The van der Waals surface area contributed by atoms with E-state index in [0.717, 1.165) is 35.4 Å². The van der Waals surface area contributed by atoms with Gasteiger partial charge in [-0.1, -0.05) is 22.0 Å². The summed E-state index contributed by atoms with van der Waals surface area (Å²) in [6.45, 7) is 1.54. The van der Waals surface area contributed by atoms with Crippen LogP contribution in [0, 0.1) is 0 Å². The van der Waals surface area contributed by atoms with Crippen molar-refractivity contribution in [3.63, 3.8) is 0 Å². The number of halogens is 1. The van der Waals surface area contributed by atoms with Crippen LogP contribution in [0.2, 0.25) is 0 Å². The van der Waals surface area contributed by atoms with Crippen molar-refractivity contribution >= 4 is 27.7 Å². The summed E-state index contributed by atoms with van der Waals surface area (Å²) in [7, 11) is 0. The molecule has 0 fully saturated rings. The van der Waals surface area contributed by atoms with E-state index >= 15 is 0 Å². The summed E-state index contributed by atoms with van der Waals surface area (Å²) in [5, 5.41) is 11.8. The molecule has 0 aliphatic heterocycles. The number of benzene rings is 1. The van der Waals surface area contributed by atoms with Gasteiger partial charge in [-0.05, 0) is 48.0 Å². The molecule has 0 unspecified atom stereocenters. The van der Waals surface area contributed by atoms with Gasteiger partial charge in [0.1, 0.15) is 0 Å². The Morgan fingerprint density at radius 1 is 1.32 bits per heavy atom. The molecule has 0 amide bonds. The number of nitrogens with two attached hydrogens (primary N) is 1. The number of rotatable bonds is 7. The Hall–Kier alpha value is -0.920. The topological polar surface area (TPSA) is 69.6 Å². The first kappa shape index (κ1) is 14.5. The average molecular weight is 342 g/mol. The Morgan fingerprint density at radius 2 is 2.21 bits per heavy atom. The normalized spacial score (nSPS) is 10.8. The van der Waals surface area contributed by atoms with E-state index in [4.69, 9.17) is 5.73 Å². The monoisotopic (exact) mass is 341 g/mol. The highest BCUT2D eigenvalue weighted by Crippen LogP contribution is 2.24. The fraction of sp³-hybridized carbons (Fsp3) is 0.417. The maximum absolute atomic E-state index is 5.49. The number of nitrogens with zero attached hydrogens (tertiary/aromatic N) is 4. The van der Waals surface area contributed by atoms with Crippen LogP contribution in [-0.4, -0.2) is 26.8 Å². The average Bonchev–Trinajstić information content (AvgIpc) is 2.84. The maximum atomic E-state index is 5.49. The van der Waals surface area contributed by atoms with Crippen molar-refractivity contribution in [2.24, 2.45) is 5.73 Å². The number of hydrogen-bond donors (Lipinski definition) is 1. The molecule has 5 nitrogen and oxygen atoms in total. The first-order valence-corrected chi connectivity index (χ1v) is 7.91. The third kappa shape index (κ3) is 4.59. The van der Waals surface area contributed by atoms with Crippen LogP contribution in [0.5, 0.6) is 0 Å². The van der Waals surface area contributed by atoms with Crippen LogP contribution in [0.4, 0.5) is 0 Å². The molecule has 19 heavy (non-hydrogen) atoms. The molecule has 0 aliphatic rings. The van der Waals surface area contributed by atoms with Gasteiger partial charge in [-0.15, -0.1) is 16.9 Å². The standard InChI is InChI=1S/C12H16BrN5S/c13-10-4-3-5-11(8-10)19-9-12-15-16-17-18(12)7-2-1-6-14/h3-5,8H,1-2,6-7,9,14H2. The van der Waals surface area contributed by atoms with Gasteiger partial charge in [-0.3, -0.25) is 0 Å². The molecule has 1 heterocycles. The number of aromatic nitrogens is 4. The highest BCUT2D eigenvalue weighted by atomic mass is 79.9. The predicted molar refractivity (Wildman–Crippen MR) is 79.8 cm³/mol. The lowest BCUT2D eigenvalue weighted by atomic mass is 10.3. The van der Waals surface area contributed by atoms with Crippen molar-refractivity contribution in [2.75, 3.05) is 6.54 Å². The van der Waals surface area contributed by atoms with Crippen LogP contribution in [-0.2, 0) is 12.3 Å². The zero-order valence-electron chi connectivity index (χ0n) is 10.5. The first-order chi connectivity index (χ1) is 9.29. The van der Waals surface area contributed by atoms with Crippen LogP contribution < -0.4 is 5.73 Å². The van der Waals surface area contributed by atoms with Gasteiger partial charge >= 0.3 is 0 Å². The second kappa shape index (κ2) is 7.62. The predicted octanol–water partition coefficient (Wildman–Crippen LogP) is 2.47. The van der Waals surface area contributed by atoms with Gasteiger partial charge in [0.15, 0.2) is 5.82 Å². The van der Waals surface area contributed by atoms with Crippen LogP contribution in [0.1, 0.15) is 18.7 Å². The summed E-state index contributed by atoms with van der Waals surface area (Å²) in [6, 6.07) is 8.21. The maximum Gasteiger partial charge on any atom is 0.161 e. The molecule has 102 valence electrons. The summed E-state index contributed by atoms with van der Waals surface area (Å²) in [5.74, 6) is 1.67. The molecule has 0 radical (unpaired) electrons. The number of aryl methyl sites for hydroxylation is 1. The zero-order valence-corrected chi connectivity index (χ0v) is 12.9. The second-order valence-corrected chi connectivity index (χ2v) is 6.02. The molecule has 2 N–H and O–H groups in total. The van der Waals surface area contributed by atoms with E-state index in [-0.39, 0.29) is 0 Å². The molecule has 0 spiro atoms. The molecular formula is C12H16BrN5S. The molecule has 0 atom stereocenters. The Morgan fingerprint density at radius 3 is 3.00 bits per heavy atom. The molecule has 0 saturated carbocycles. The Bertz CT molecular complexity index is 516. The van der Waals surface area contributed by atoms with E-state index in [2.05, 4.69) is 43.6 Å². The van der Waals surface area contributed by atoms with Crippen molar-refractivity contribution in [1.82, 2.24) is 20.2 Å². The third-order valence-electron chi connectivity index (χ3n) is 2.59. The van der Waals surface area contributed by atoms with Crippen molar-refractivity contribution in [3.8, 4) is 0 Å². The number of thioether (sulfide) groups is 1. The quantitative estimate of drug-likeness (QED) is 0.618. The third-order valence-corrected chi connectivity index (χ3v) is 4.08. The minimum Gasteiger partial charge on any atom is -0.330 e. The fourth-order valence-corrected chi connectivity index (χ4v) is 3.05. The van der Waals surface area contributed by atoms with E-state index in [1.54, 1.807) is 11.8 Å². The summed E-state index contributed by atoms with van der Waals surface area (Å²) in [6.07, 6.45) is 2.01. The van der Waals surface area contributed by atoms with Crippen molar-refractivity contribution in [2.45, 2.75) is 30.0 Å². The lowest BCUT2D eigenvalue weighted by molar-refractivity contribution is 0.532. The molecule has 2 rings (SSSR count). The molecule has 0 saturated heterocycles. The lowest BCUT2D eigenvalue weighted by Crippen LogP contribution is -2.07. The summed E-state index contributed by atoms with van der Waals surface area (Å²) in [4.78, 5) is 1.20. The van der Waals surface area contributed by atoms with Crippen molar-refractivity contribution in [1.29, 1.82) is 0 Å². The second-order valence-electron chi connectivity index (χ2n) is 4.06. The molecule has 0 aliphatic carbocycles. The van der Waals surface area contributed by atoms with Gasteiger partial charge in [-0.2, -0.15) is 0 Å². The van der Waals surface area contributed by atoms with E-state index in [0.29, 0.717) is 6.54 Å².